The minimum Gasteiger partial charge on any atom is -0.481 e. The molecule has 0 radical (unpaired) electrons. The second-order valence-electron chi connectivity index (χ2n) is 4.28. The predicted octanol–water partition coefficient (Wildman–Crippen LogP) is 0.320. The highest BCUT2D eigenvalue weighted by Gasteiger charge is 2.37. The summed E-state index contributed by atoms with van der Waals surface area (Å²) in [6.07, 6.45) is 0.117. The van der Waals surface area contributed by atoms with Gasteiger partial charge >= 0.3 is 5.97 Å². The zero-order valence-corrected chi connectivity index (χ0v) is 11.0. The molecule has 102 valence electrons. The van der Waals surface area contributed by atoms with E-state index in [0.717, 1.165) is 0 Å². The Labute approximate surface area is 110 Å². The molecule has 1 fully saturated rings. The molecule has 1 unspecified atom stereocenters. The molecule has 1 amide bonds. The van der Waals surface area contributed by atoms with Gasteiger partial charge in [0.05, 0.1) is 20.1 Å². The number of carbonyl (C=O) groups excluding carboxylic acids is 2. The van der Waals surface area contributed by atoms with E-state index >= 15 is 0 Å². The quantitative estimate of drug-likeness (QED) is 0.732. The summed E-state index contributed by atoms with van der Waals surface area (Å²) in [6.45, 7) is 2.02. The summed E-state index contributed by atoms with van der Waals surface area (Å²) >= 11 is 0. The second-order valence-corrected chi connectivity index (χ2v) is 4.28. The summed E-state index contributed by atoms with van der Waals surface area (Å²) in [5, 5.41) is 0. The van der Waals surface area contributed by atoms with Crippen molar-refractivity contribution in [2.24, 2.45) is 5.92 Å². The van der Waals surface area contributed by atoms with Gasteiger partial charge in [0.15, 0.2) is 0 Å². The van der Waals surface area contributed by atoms with E-state index in [9.17, 15) is 9.59 Å². The molecular weight excluding hydrogens is 250 g/mol. The van der Waals surface area contributed by atoms with Gasteiger partial charge < -0.3 is 9.47 Å². The smallest absolute Gasteiger partial charge is 0.311 e. The van der Waals surface area contributed by atoms with Crippen LogP contribution in [0.4, 0.5) is 5.95 Å². The third-order valence-electron chi connectivity index (χ3n) is 2.93. The number of rotatable bonds is 3. The highest BCUT2D eigenvalue weighted by molar-refractivity contribution is 5.98. The predicted molar refractivity (Wildman–Crippen MR) is 65.8 cm³/mol. The molecule has 1 aliphatic heterocycles. The van der Waals surface area contributed by atoms with Gasteiger partial charge in [0, 0.05) is 24.7 Å². The van der Waals surface area contributed by atoms with Crippen LogP contribution in [-0.4, -0.2) is 42.6 Å². The molecule has 1 atom stereocenters. The minimum atomic E-state index is -0.465. The van der Waals surface area contributed by atoms with E-state index in [2.05, 4.69) is 14.7 Å². The molecule has 2 rings (SSSR count). The lowest BCUT2D eigenvalue weighted by molar-refractivity contribution is -0.145. The number of hydrogen-bond acceptors (Lipinski definition) is 6. The van der Waals surface area contributed by atoms with Gasteiger partial charge in [-0.25, -0.2) is 4.98 Å². The normalized spacial score (nSPS) is 18.6. The molecule has 1 saturated heterocycles. The zero-order chi connectivity index (χ0) is 14.0. The number of esters is 1. The zero-order valence-electron chi connectivity index (χ0n) is 11.0. The summed E-state index contributed by atoms with van der Waals surface area (Å²) in [7, 11) is 2.80. The van der Waals surface area contributed by atoms with Crippen molar-refractivity contribution in [2.45, 2.75) is 13.3 Å². The van der Waals surface area contributed by atoms with E-state index < -0.39 is 11.9 Å². The monoisotopic (exact) mass is 265 g/mol. The van der Waals surface area contributed by atoms with Gasteiger partial charge in [-0.05, 0) is 6.92 Å². The first-order valence-corrected chi connectivity index (χ1v) is 5.83. The van der Waals surface area contributed by atoms with Crippen LogP contribution < -0.4 is 9.64 Å². The number of ether oxygens (including phenoxy) is 2. The Morgan fingerprint density at radius 3 is 2.79 bits per heavy atom. The van der Waals surface area contributed by atoms with E-state index in [0.29, 0.717) is 11.6 Å². The first kappa shape index (κ1) is 13.3. The van der Waals surface area contributed by atoms with Crippen LogP contribution in [-0.2, 0) is 14.3 Å². The van der Waals surface area contributed by atoms with E-state index in [4.69, 9.17) is 4.74 Å². The van der Waals surface area contributed by atoms with Gasteiger partial charge in [-0.3, -0.25) is 14.5 Å². The molecule has 7 nitrogen and oxygen atoms in total. The molecule has 0 N–H and O–H groups in total. The van der Waals surface area contributed by atoms with Gasteiger partial charge in [-0.2, -0.15) is 4.98 Å². The minimum absolute atomic E-state index is 0.117. The number of anilines is 1. The lowest BCUT2D eigenvalue weighted by Crippen LogP contribution is -2.28. The van der Waals surface area contributed by atoms with E-state index in [1.165, 1.54) is 19.1 Å². The first-order valence-electron chi connectivity index (χ1n) is 5.83. The number of hydrogen-bond donors (Lipinski definition) is 0. The van der Waals surface area contributed by atoms with Crippen molar-refractivity contribution >= 4 is 17.8 Å². The number of aromatic nitrogens is 2. The highest BCUT2D eigenvalue weighted by Crippen LogP contribution is 2.24. The largest absolute Gasteiger partial charge is 0.481 e. The summed E-state index contributed by atoms with van der Waals surface area (Å²) in [6, 6.07) is 1.67. The maximum atomic E-state index is 11.9. The van der Waals surface area contributed by atoms with Crippen LogP contribution in [0.15, 0.2) is 6.07 Å². The Morgan fingerprint density at radius 2 is 2.16 bits per heavy atom. The van der Waals surface area contributed by atoms with Crippen LogP contribution in [0.2, 0.25) is 0 Å². The van der Waals surface area contributed by atoms with Crippen LogP contribution >= 0.6 is 0 Å². The molecule has 2 heterocycles. The number of nitrogens with zero attached hydrogens (tertiary/aromatic N) is 3. The molecule has 0 spiro atoms. The van der Waals surface area contributed by atoms with Gasteiger partial charge in [0.25, 0.3) is 0 Å². The molecule has 19 heavy (non-hydrogen) atoms. The number of aryl methyl sites for hydroxylation is 1. The summed E-state index contributed by atoms with van der Waals surface area (Å²) in [5.74, 6) is -0.406. The van der Waals surface area contributed by atoms with Crippen molar-refractivity contribution in [1.29, 1.82) is 0 Å². The summed E-state index contributed by atoms with van der Waals surface area (Å²) in [4.78, 5) is 33.1. The fourth-order valence-corrected chi connectivity index (χ4v) is 1.98. The Kier molecular flexibility index (Phi) is 3.64. The van der Waals surface area contributed by atoms with Gasteiger partial charge in [0.2, 0.25) is 17.7 Å². The third kappa shape index (κ3) is 2.64. The highest BCUT2D eigenvalue weighted by atomic mass is 16.5. The lowest BCUT2D eigenvalue weighted by atomic mass is 10.1. The number of amides is 1. The van der Waals surface area contributed by atoms with Crippen LogP contribution in [0.1, 0.15) is 12.1 Å². The Hall–Kier alpha value is -2.18. The van der Waals surface area contributed by atoms with Crippen LogP contribution in [0, 0.1) is 12.8 Å². The van der Waals surface area contributed by atoms with Crippen molar-refractivity contribution in [2.75, 3.05) is 25.7 Å². The molecule has 7 heteroatoms. The molecule has 1 aromatic heterocycles. The van der Waals surface area contributed by atoms with Crippen molar-refractivity contribution in [3.8, 4) is 5.88 Å². The van der Waals surface area contributed by atoms with E-state index in [-0.39, 0.29) is 24.8 Å². The van der Waals surface area contributed by atoms with Crippen molar-refractivity contribution in [3.63, 3.8) is 0 Å². The number of carbonyl (C=O) groups is 2. The average Bonchev–Trinajstić information content (AvgIpc) is 2.79. The standard InChI is InChI=1S/C12H15N3O4/c1-7-4-9(18-2)14-12(13-7)15-6-8(5-10(15)16)11(17)19-3/h4,8H,5-6H2,1-3H3. The fourth-order valence-electron chi connectivity index (χ4n) is 1.98. The summed E-state index contributed by atoms with van der Waals surface area (Å²) < 4.78 is 9.70. The molecule has 0 bridgehead atoms. The molecule has 0 aromatic carbocycles. The maximum Gasteiger partial charge on any atom is 0.311 e. The Morgan fingerprint density at radius 1 is 1.42 bits per heavy atom. The maximum absolute atomic E-state index is 11.9. The summed E-state index contributed by atoms with van der Waals surface area (Å²) in [5.41, 5.74) is 0.691. The fraction of sp³-hybridized carbons (Fsp3) is 0.500. The average molecular weight is 265 g/mol. The molecule has 0 aliphatic carbocycles. The van der Waals surface area contributed by atoms with E-state index in [1.54, 1.807) is 13.0 Å². The molecule has 0 saturated carbocycles. The van der Waals surface area contributed by atoms with Gasteiger partial charge in [-0.15, -0.1) is 0 Å². The molecule has 1 aliphatic rings. The topological polar surface area (TPSA) is 81.6 Å². The van der Waals surface area contributed by atoms with Gasteiger partial charge in [0.1, 0.15) is 0 Å². The van der Waals surface area contributed by atoms with Crippen LogP contribution in [0.25, 0.3) is 0 Å². The van der Waals surface area contributed by atoms with Gasteiger partial charge in [-0.1, -0.05) is 0 Å². The SMILES string of the molecule is COC(=O)C1CC(=O)N(c2nc(C)cc(OC)n2)C1. The number of methoxy groups -OCH3 is 2. The Balaban J connectivity index is 2.25. The molecule has 1 aromatic rings. The second kappa shape index (κ2) is 5.21. The van der Waals surface area contributed by atoms with Crippen molar-refractivity contribution in [1.82, 2.24) is 9.97 Å². The lowest BCUT2D eigenvalue weighted by Gasteiger charge is -2.15. The van der Waals surface area contributed by atoms with Crippen LogP contribution in [0.3, 0.4) is 0 Å². The Bertz CT molecular complexity index is 518. The molecular formula is C12H15N3O4. The first-order chi connectivity index (χ1) is 9.05. The van der Waals surface area contributed by atoms with Crippen molar-refractivity contribution < 1.29 is 19.1 Å². The van der Waals surface area contributed by atoms with E-state index in [1.807, 2.05) is 0 Å². The van der Waals surface area contributed by atoms with Crippen LogP contribution in [0.5, 0.6) is 5.88 Å². The van der Waals surface area contributed by atoms with Crippen molar-refractivity contribution in [3.05, 3.63) is 11.8 Å². The third-order valence-corrected chi connectivity index (χ3v) is 2.93.